The lowest BCUT2D eigenvalue weighted by atomic mass is 9.98. The van der Waals surface area contributed by atoms with Crippen LogP contribution in [-0.2, 0) is 4.79 Å². The van der Waals surface area contributed by atoms with E-state index >= 15 is 0 Å². The lowest BCUT2D eigenvalue weighted by molar-refractivity contribution is -0.119. The van der Waals surface area contributed by atoms with Crippen molar-refractivity contribution in [2.24, 2.45) is 5.92 Å². The second-order valence-electron chi connectivity index (χ2n) is 4.73. The van der Waals surface area contributed by atoms with Gasteiger partial charge in [0.1, 0.15) is 0 Å². The molecule has 0 spiro atoms. The van der Waals surface area contributed by atoms with Crippen molar-refractivity contribution in [3.8, 4) is 0 Å². The van der Waals surface area contributed by atoms with E-state index in [1.807, 2.05) is 26.0 Å². The molecule has 0 saturated carbocycles. The average Bonchev–Trinajstić information content (AvgIpc) is 2.37. The Bertz CT molecular complexity index is 356. The van der Waals surface area contributed by atoms with Gasteiger partial charge in [0.25, 0.3) is 0 Å². The molecule has 0 fully saturated rings. The SMILES string of the molecule is CCC(C)C(=O)Nc1ccc(C(C)CC)cc1. The summed E-state index contributed by atoms with van der Waals surface area (Å²) in [6.07, 6.45) is 2.01. The topological polar surface area (TPSA) is 29.1 Å². The Morgan fingerprint density at radius 3 is 2.18 bits per heavy atom. The third-order valence-electron chi connectivity index (χ3n) is 3.42. The molecule has 17 heavy (non-hydrogen) atoms. The van der Waals surface area contributed by atoms with Crippen molar-refractivity contribution in [1.29, 1.82) is 0 Å². The van der Waals surface area contributed by atoms with Gasteiger partial charge in [0.15, 0.2) is 0 Å². The number of rotatable bonds is 5. The van der Waals surface area contributed by atoms with E-state index in [1.54, 1.807) is 0 Å². The smallest absolute Gasteiger partial charge is 0.227 e. The molecule has 0 aromatic heterocycles. The van der Waals surface area contributed by atoms with Crippen molar-refractivity contribution < 1.29 is 4.79 Å². The highest BCUT2D eigenvalue weighted by Crippen LogP contribution is 2.20. The van der Waals surface area contributed by atoms with Crippen LogP contribution in [0.15, 0.2) is 24.3 Å². The number of anilines is 1. The summed E-state index contributed by atoms with van der Waals surface area (Å²) in [6.45, 7) is 8.37. The maximum Gasteiger partial charge on any atom is 0.227 e. The minimum atomic E-state index is 0.0734. The molecule has 1 rings (SSSR count). The fourth-order valence-electron chi connectivity index (χ4n) is 1.58. The molecular weight excluding hydrogens is 210 g/mol. The molecule has 94 valence electrons. The number of benzene rings is 1. The molecule has 1 amide bonds. The summed E-state index contributed by atoms with van der Waals surface area (Å²) < 4.78 is 0. The monoisotopic (exact) mass is 233 g/mol. The Morgan fingerprint density at radius 1 is 1.12 bits per heavy atom. The molecule has 2 unspecified atom stereocenters. The van der Waals surface area contributed by atoms with Crippen LogP contribution >= 0.6 is 0 Å². The minimum Gasteiger partial charge on any atom is -0.326 e. The Hall–Kier alpha value is -1.31. The number of hydrogen-bond donors (Lipinski definition) is 1. The van der Waals surface area contributed by atoms with E-state index in [1.165, 1.54) is 5.56 Å². The first-order chi connectivity index (χ1) is 8.08. The third kappa shape index (κ3) is 3.88. The molecule has 2 atom stereocenters. The number of nitrogens with one attached hydrogen (secondary N) is 1. The van der Waals surface area contributed by atoms with Gasteiger partial charge in [-0.3, -0.25) is 4.79 Å². The van der Waals surface area contributed by atoms with Gasteiger partial charge in [0.2, 0.25) is 5.91 Å². The molecule has 2 heteroatoms. The lowest BCUT2D eigenvalue weighted by Crippen LogP contribution is -2.19. The average molecular weight is 233 g/mol. The van der Waals surface area contributed by atoms with Gasteiger partial charge in [-0.05, 0) is 36.5 Å². The number of hydrogen-bond acceptors (Lipinski definition) is 1. The van der Waals surface area contributed by atoms with Gasteiger partial charge in [0, 0.05) is 11.6 Å². The first-order valence-electron chi connectivity index (χ1n) is 6.49. The molecule has 0 aliphatic carbocycles. The van der Waals surface area contributed by atoms with Gasteiger partial charge in [-0.25, -0.2) is 0 Å². The van der Waals surface area contributed by atoms with E-state index < -0.39 is 0 Å². The molecule has 0 heterocycles. The summed E-state index contributed by atoms with van der Waals surface area (Å²) in [5, 5.41) is 2.94. The quantitative estimate of drug-likeness (QED) is 0.812. The van der Waals surface area contributed by atoms with Crippen LogP contribution < -0.4 is 5.32 Å². The Labute approximate surface area is 104 Å². The van der Waals surface area contributed by atoms with Crippen molar-refractivity contribution in [1.82, 2.24) is 0 Å². The zero-order chi connectivity index (χ0) is 12.8. The van der Waals surface area contributed by atoms with E-state index in [-0.39, 0.29) is 11.8 Å². The zero-order valence-electron chi connectivity index (χ0n) is 11.3. The first-order valence-corrected chi connectivity index (χ1v) is 6.49. The standard InChI is InChI=1S/C15H23NO/c1-5-11(3)13-7-9-14(10-8-13)16-15(17)12(4)6-2/h7-12H,5-6H2,1-4H3,(H,16,17). The van der Waals surface area contributed by atoms with Gasteiger partial charge in [-0.2, -0.15) is 0 Å². The highest BCUT2D eigenvalue weighted by molar-refractivity contribution is 5.92. The van der Waals surface area contributed by atoms with Crippen LogP contribution in [0.3, 0.4) is 0 Å². The van der Waals surface area contributed by atoms with E-state index in [2.05, 4.69) is 31.3 Å². The molecule has 0 aliphatic rings. The van der Waals surface area contributed by atoms with E-state index in [9.17, 15) is 4.79 Å². The van der Waals surface area contributed by atoms with Gasteiger partial charge in [0.05, 0.1) is 0 Å². The van der Waals surface area contributed by atoms with Gasteiger partial charge in [-0.15, -0.1) is 0 Å². The second kappa shape index (κ2) is 6.43. The molecule has 1 N–H and O–H groups in total. The van der Waals surface area contributed by atoms with Crippen LogP contribution in [-0.4, -0.2) is 5.91 Å². The van der Waals surface area contributed by atoms with Crippen molar-refractivity contribution in [3.63, 3.8) is 0 Å². The van der Waals surface area contributed by atoms with E-state index in [0.29, 0.717) is 5.92 Å². The predicted molar refractivity (Wildman–Crippen MR) is 73.2 cm³/mol. The van der Waals surface area contributed by atoms with Crippen LogP contribution in [0.4, 0.5) is 5.69 Å². The molecule has 1 aromatic carbocycles. The lowest BCUT2D eigenvalue weighted by Gasteiger charge is -2.12. The molecule has 2 nitrogen and oxygen atoms in total. The Kier molecular flexibility index (Phi) is 5.20. The number of carbonyl (C=O) groups excluding carboxylic acids is 1. The second-order valence-corrected chi connectivity index (χ2v) is 4.73. The normalized spacial score (nSPS) is 14.1. The number of amides is 1. The molecule has 0 bridgehead atoms. The maximum atomic E-state index is 11.7. The highest BCUT2D eigenvalue weighted by Gasteiger charge is 2.10. The fraction of sp³-hybridized carbons (Fsp3) is 0.533. The zero-order valence-corrected chi connectivity index (χ0v) is 11.3. The van der Waals surface area contributed by atoms with Crippen LogP contribution in [0.5, 0.6) is 0 Å². The molecule has 1 aromatic rings. The number of carbonyl (C=O) groups is 1. The molecule has 0 saturated heterocycles. The fourth-order valence-corrected chi connectivity index (χ4v) is 1.58. The summed E-state index contributed by atoms with van der Waals surface area (Å²) in [5.74, 6) is 0.752. The van der Waals surface area contributed by atoms with Crippen molar-refractivity contribution in [2.75, 3.05) is 5.32 Å². The Morgan fingerprint density at radius 2 is 1.71 bits per heavy atom. The van der Waals surface area contributed by atoms with Crippen molar-refractivity contribution >= 4 is 11.6 Å². The van der Waals surface area contributed by atoms with Gasteiger partial charge >= 0.3 is 0 Å². The minimum absolute atomic E-state index is 0.0734. The van der Waals surface area contributed by atoms with Crippen LogP contribution in [0.1, 0.15) is 52.0 Å². The Balaban J connectivity index is 2.65. The van der Waals surface area contributed by atoms with Crippen LogP contribution in [0.2, 0.25) is 0 Å². The largest absolute Gasteiger partial charge is 0.326 e. The van der Waals surface area contributed by atoms with E-state index in [0.717, 1.165) is 18.5 Å². The molecule has 0 radical (unpaired) electrons. The highest BCUT2D eigenvalue weighted by atomic mass is 16.1. The predicted octanol–water partition coefficient (Wildman–Crippen LogP) is 4.18. The van der Waals surface area contributed by atoms with Gasteiger partial charge in [-0.1, -0.05) is 39.8 Å². The summed E-state index contributed by atoms with van der Waals surface area (Å²) in [7, 11) is 0. The summed E-state index contributed by atoms with van der Waals surface area (Å²) >= 11 is 0. The summed E-state index contributed by atoms with van der Waals surface area (Å²) in [6, 6.07) is 8.17. The van der Waals surface area contributed by atoms with Crippen LogP contribution in [0.25, 0.3) is 0 Å². The first kappa shape index (κ1) is 13.8. The maximum absolute atomic E-state index is 11.7. The molecular formula is C15H23NO. The van der Waals surface area contributed by atoms with Crippen molar-refractivity contribution in [2.45, 2.75) is 46.5 Å². The third-order valence-corrected chi connectivity index (χ3v) is 3.42. The van der Waals surface area contributed by atoms with E-state index in [4.69, 9.17) is 0 Å². The van der Waals surface area contributed by atoms with Gasteiger partial charge < -0.3 is 5.32 Å². The molecule has 0 aliphatic heterocycles. The summed E-state index contributed by atoms with van der Waals surface area (Å²) in [4.78, 5) is 11.7. The van der Waals surface area contributed by atoms with Crippen molar-refractivity contribution in [3.05, 3.63) is 29.8 Å². The summed E-state index contributed by atoms with van der Waals surface area (Å²) in [5.41, 5.74) is 2.22. The van der Waals surface area contributed by atoms with Crippen LogP contribution in [0, 0.1) is 5.92 Å².